The van der Waals surface area contributed by atoms with Crippen molar-refractivity contribution < 1.29 is 9.59 Å². The molecule has 0 heterocycles. The number of aryl methyl sites for hydroxylation is 1. The summed E-state index contributed by atoms with van der Waals surface area (Å²) in [4.78, 5) is 23.4. The van der Waals surface area contributed by atoms with E-state index in [1.807, 2.05) is 43.3 Å². The maximum absolute atomic E-state index is 12.0. The molecule has 3 nitrogen and oxygen atoms in total. The fourth-order valence-electron chi connectivity index (χ4n) is 1.95. The second-order valence-corrected chi connectivity index (χ2v) is 4.80. The third kappa shape index (κ3) is 3.54. The van der Waals surface area contributed by atoms with Gasteiger partial charge in [0, 0.05) is 11.3 Å². The van der Waals surface area contributed by atoms with Gasteiger partial charge in [-0.25, -0.2) is 0 Å². The molecule has 2 aromatic rings. The highest BCUT2D eigenvalue weighted by Gasteiger charge is 2.08. The Kier molecular flexibility index (Phi) is 4.31. The second kappa shape index (κ2) is 6.15. The molecule has 0 spiro atoms. The van der Waals surface area contributed by atoms with Gasteiger partial charge < -0.3 is 5.32 Å². The summed E-state index contributed by atoms with van der Waals surface area (Å²) >= 11 is 0. The number of benzene rings is 2. The standard InChI is InChI=1S/C17H17NO2/c1-12-8-9-15(13(2)19)11-16(12)18-17(20)10-14-6-4-3-5-7-14/h3-9,11H,10H2,1-2H3,(H,18,20). The summed E-state index contributed by atoms with van der Waals surface area (Å²) in [6.45, 7) is 3.42. The van der Waals surface area contributed by atoms with Crippen molar-refractivity contribution in [3.8, 4) is 0 Å². The van der Waals surface area contributed by atoms with Crippen LogP contribution in [0.25, 0.3) is 0 Å². The first-order chi connectivity index (χ1) is 9.56. The number of amides is 1. The zero-order chi connectivity index (χ0) is 14.5. The molecule has 0 aliphatic rings. The van der Waals surface area contributed by atoms with Crippen molar-refractivity contribution in [1.29, 1.82) is 0 Å². The molecule has 1 N–H and O–H groups in total. The lowest BCUT2D eigenvalue weighted by Crippen LogP contribution is -2.15. The number of Topliss-reactive ketones (excluding diaryl/α,β-unsaturated/α-hetero) is 1. The molecule has 0 aliphatic heterocycles. The second-order valence-electron chi connectivity index (χ2n) is 4.80. The van der Waals surface area contributed by atoms with Gasteiger partial charge in [0.2, 0.25) is 5.91 Å². The van der Waals surface area contributed by atoms with Crippen molar-refractivity contribution in [2.24, 2.45) is 0 Å². The first-order valence-electron chi connectivity index (χ1n) is 6.51. The molecule has 2 rings (SSSR count). The van der Waals surface area contributed by atoms with Crippen molar-refractivity contribution in [2.75, 3.05) is 5.32 Å². The monoisotopic (exact) mass is 267 g/mol. The van der Waals surface area contributed by atoms with Crippen LogP contribution in [0.5, 0.6) is 0 Å². The minimum absolute atomic E-state index is 0.0106. The Balaban J connectivity index is 2.11. The van der Waals surface area contributed by atoms with Crippen molar-refractivity contribution in [3.63, 3.8) is 0 Å². The summed E-state index contributed by atoms with van der Waals surface area (Å²) in [7, 11) is 0. The van der Waals surface area contributed by atoms with Gasteiger partial charge in [0.15, 0.2) is 5.78 Å². The van der Waals surface area contributed by atoms with Gasteiger partial charge in [-0.1, -0.05) is 42.5 Å². The minimum Gasteiger partial charge on any atom is -0.326 e. The van der Waals surface area contributed by atoms with Crippen molar-refractivity contribution in [2.45, 2.75) is 20.3 Å². The molecule has 0 fully saturated rings. The number of carbonyl (C=O) groups is 2. The van der Waals surface area contributed by atoms with E-state index >= 15 is 0 Å². The van der Waals surface area contributed by atoms with Crippen LogP contribution in [0.3, 0.4) is 0 Å². The van der Waals surface area contributed by atoms with Crippen LogP contribution in [-0.4, -0.2) is 11.7 Å². The number of nitrogens with one attached hydrogen (secondary N) is 1. The quantitative estimate of drug-likeness (QED) is 0.863. The molecule has 1 amide bonds. The zero-order valence-electron chi connectivity index (χ0n) is 11.6. The summed E-state index contributed by atoms with van der Waals surface area (Å²) in [6.07, 6.45) is 0.324. The van der Waals surface area contributed by atoms with E-state index in [0.29, 0.717) is 17.7 Å². The van der Waals surface area contributed by atoms with E-state index < -0.39 is 0 Å². The fraction of sp³-hybridized carbons (Fsp3) is 0.176. The molecule has 0 saturated carbocycles. The number of ketones is 1. The molecule has 0 aromatic heterocycles. The van der Waals surface area contributed by atoms with E-state index in [4.69, 9.17) is 0 Å². The Morgan fingerprint density at radius 3 is 2.40 bits per heavy atom. The number of anilines is 1. The van der Waals surface area contributed by atoms with Gasteiger partial charge in [-0.2, -0.15) is 0 Å². The molecule has 20 heavy (non-hydrogen) atoms. The van der Waals surface area contributed by atoms with E-state index in [1.165, 1.54) is 6.92 Å². The molecule has 0 bridgehead atoms. The topological polar surface area (TPSA) is 46.2 Å². The van der Waals surface area contributed by atoms with Crippen LogP contribution >= 0.6 is 0 Å². The van der Waals surface area contributed by atoms with Gasteiger partial charge in [-0.15, -0.1) is 0 Å². The predicted molar refractivity (Wildman–Crippen MR) is 80.0 cm³/mol. The Morgan fingerprint density at radius 1 is 1.05 bits per heavy atom. The minimum atomic E-state index is -0.0833. The van der Waals surface area contributed by atoms with E-state index in [9.17, 15) is 9.59 Å². The van der Waals surface area contributed by atoms with Crippen LogP contribution in [0.4, 0.5) is 5.69 Å². The molecule has 3 heteroatoms. The van der Waals surface area contributed by atoms with E-state index in [-0.39, 0.29) is 11.7 Å². The number of carbonyl (C=O) groups excluding carboxylic acids is 2. The molecule has 0 saturated heterocycles. The first-order valence-corrected chi connectivity index (χ1v) is 6.51. The summed E-state index contributed by atoms with van der Waals surface area (Å²) in [5.41, 5.74) is 3.20. The van der Waals surface area contributed by atoms with Crippen LogP contribution in [0, 0.1) is 6.92 Å². The highest BCUT2D eigenvalue weighted by atomic mass is 16.1. The molecular weight excluding hydrogens is 250 g/mol. The third-order valence-electron chi connectivity index (χ3n) is 3.13. The van der Waals surface area contributed by atoms with Crippen LogP contribution in [0.2, 0.25) is 0 Å². The van der Waals surface area contributed by atoms with Crippen molar-refractivity contribution in [3.05, 3.63) is 65.2 Å². The summed E-state index contributed by atoms with van der Waals surface area (Å²) in [6, 6.07) is 14.9. The van der Waals surface area contributed by atoms with E-state index in [2.05, 4.69) is 5.32 Å². The number of rotatable bonds is 4. The highest BCUT2D eigenvalue weighted by molar-refractivity contribution is 5.98. The number of hydrogen-bond donors (Lipinski definition) is 1. The first kappa shape index (κ1) is 14.0. The lowest BCUT2D eigenvalue weighted by Gasteiger charge is -2.09. The normalized spacial score (nSPS) is 10.1. The summed E-state index contributed by atoms with van der Waals surface area (Å²) < 4.78 is 0. The van der Waals surface area contributed by atoms with E-state index in [0.717, 1.165) is 11.1 Å². The predicted octanol–water partition coefficient (Wildman–Crippen LogP) is 3.38. The Labute approximate surface area is 118 Å². The lowest BCUT2D eigenvalue weighted by atomic mass is 10.1. The van der Waals surface area contributed by atoms with Crippen molar-refractivity contribution in [1.82, 2.24) is 0 Å². The Morgan fingerprint density at radius 2 is 1.75 bits per heavy atom. The molecule has 2 aromatic carbocycles. The average molecular weight is 267 g/mol. The largest absolute Gasteiger partial charge is 0.326 e. The van der Waals surface area contributed by atoms with Gasteiger partial charge in [0.1, 0.15) is 0 Å². The summed E-state index contributed by atoms with van der Waals surface area (Å²) in [5, 5.41) is 2.86. The average Bonchev–Trinajstić information content (AvgIpc) is 2.42. The van der Waals surface area contributed by atoms with Crippen LogP contribution in [0.15, 0.2) is 48.5 Å². The van der Waals surface area contributed by atoms with Gasteiger partial charge in [-0.3, -0.25) is 9.59 Å². The Hall–Kier alpha value is -2.42. The fourth-order valence-corrected chi connectivity index (χ4v) is 1.95. The maximum atomic E-state index is 12.0. The van der Waals surface area contributed by atoms with Gasteiger partial charge in [0.05, 0.1) is 6.42 Å². The summed E-state index contributed by atoms with van der Waals surface area (Å²) in [5.74, 6) is -0.0939. The molecule has 102 valence electrons. The number of hydrogen-bond acceptors (Lipinski definition) is 2. The lowest BCUT2D eigenvalue weighted by molar-refractivity contribution is -0.115. The molecule has 0 atom stereocenters. The Bertz CT molecular complexity index is 633. The maximum Gasteiger partial charge on any atom is 0.228 e. The SMILES string of the molecule is CC(=O)c1ccc(C)c(NC(=O)Cc2ccccc2)c1. The van der Waals surface area contributed by atoms with Crippen LogP contribution in [-0.2, 0) is 11.2 Å². The molecule has 0 radical (unpaired) electrons. The van der Waals surface area contributed by atoms with Gasteiger partial charge >= 0.3 is 0 Å². The van der Waals surface area contributed by atoms with Crippen LogP contribution < -0.4 is 5.32 Å². The third-order valence-corrected chi connectivity index (χ3v) is 3.13. The van der Waals surface area contributed by atoms with Crippen molar-refractivity contribution >= 4 is 17.4 Å². The van der Waals surface area contributed by atoms with Crippen LogP contribution in [0.1, 0.15) is 28.4 Å². The highest BCUT2D eigenvalue weighted by Crippen LogP contribution is 2.17. The smallest absolute Gasteiger partial charge is 0.228 e. The molecule has 0 aliphatic carbocycles. The van der Waals surface area contributed by atoms with Gasteiger partial charge in [0.25, 0.3) is 0 Å². The zero-order valence-corrected chi connectivity index (χ0v) is 11.6. The van der Waals surface area contributed by atoms with Gasteiger partial charge in [-0.05, 0) is 31.0 Å². The van der Waals surface area contributed by atoms with E-state index in [1.54, 1.807) is 12.1 Å². The molecule has 0 unspecified atom stereocenters. The molecular formula is C17H17NO2.